The van der Waals surface area contributed by atoms with Crippen molar-refractivity contribution in [2.75, 3.05) is 31.1 Å². The molecule has 28 heavy (non-hydrogen) atoms. The van der Waals surface area contributed by atoms with Crippen LogP contribution < -0.4 is 10.5 Å². The van der Waals surface area contributed by atoms with E-state index in [9.17, 15) is 14.7 Å². The minimum atomic E-state index is -0.327. The van der Waals surface area contributed by atoms with Crippen molar-refractivity contribution in [3.8, 4) is 11.6 Å². The molecule has 9 heteroatoms. The lowest BCUT2D eigenvalue weighted by Crippen LogP contribution is -2.50. The van der Waals surface area contributed by atoms with E-state index < -0.39 is 0 Å². The van der Waals surface area contributed by atoms with Crippen molar-refractivity contribution < 1.29 is 9.90 Å². The van der Waals surface area contributed by atoms with Crippen LogP contribution >= 0.6 is 0 Å². The molecule has 1 aliphatic rings. The zero-order chi connectivity index (χ0) is 19.5. The Labute approximate surface area is 161 Å². The Balaban J connectivity index is 1.40. The first-order valence-corrected chi connectivity index (χ1v) is 9.00. The molecule has 9 nitrogen and oxygen atoms in total. The third kappa shape index (κ3) is 3.73. The Morgan fingerprint density at radius 1 is 1.04 bits per heavy atom. The van der Waals surface area contributed by atoms with E-state index >= 15 is 0 Å². The number of hydrogen-bond donors (Lipinski definition) is 1. The molecule has 1 saturated heterocycles. The van der Waals surface area contributed by atoms with Crippen molar-refractivity contribution in [3.63, 3.8) is 0 Å². The quantitative estimate of drug-likeness (QED) is 0.707. The molecule has 0 saturated carbocycles. The second-order valence-electron chi connectivity index (χ2n) is 6.52. The van der Waals surface area contributed by atoms with Gasteiger partial charge in [-0.2, -0.15) is 5.10 Å². The van der Waals surface area contributed by atoms with Crippen LogP contribution in [0, 0.1) is 0 Å². The first-order chi connectivity index (χ1) is 13.6. The number of anilines is 1. The van der Waals surface area contributed by atoms with Crippen LogP contribution in [-0.2, 0) is 11.3 Å². The van der Waals surface area contributed by atoms with Gasteiger partial charge in [0.05, 0.1) is 0 Å². The summed E-state index contributed by atoms with van der Waals surface area (Å²) in [4.78, 5) is 28.7. The maximum absolute atomic E-state index is 12.7. The minimum absolute atomic E-state index is 0.104. The number of hydrogen-bond acceptors (Lipinski definition) is 6. The van der Waals surface area contributed by atoms with Gasteiger partial charge in [-0.3, -0.25) is 9.59 Å². The molecule has 1 fully saturated rings. The average molecular weight is 380 g/mol. The first kappa shape index (κ1) is 17.8. The number of piperazine rings is 1. The monoisotopic (exact) mass is 380 g/mol. The lowest BCUT2D eigenvalue weighted by atomic mass is 10.2. The normalized spacial score (nSPS) is 14.3. The molecular formula is C19H20N6O3. The molecular weight excluding hydrogens is 360 g/mol. The Bertz CT molecular complexity index is 1000. The van der Waals surface area contributed by atoms with Crippen LogP contribution in [0.2, 0.25) is 0 Å². The molecule has 0 radical (unpaired) electrons. The van der Waals surface area contributed by atoms with E-state index in [1.165, 1.54) is 15.4 Å². The minimum Gasteiger partial charge on any atom is -0.508 e. The van der Waals surface area contributed by atoms with Crippen LogP contribution in [0.15, 0.2) is 59.7 Å². The summed E-state index contributed by atoms with van der Waals surface area (Å²) in [5.41, 5.74) is 0.682. The third-order valence-electron chi connectivity index (χ3n) is 4.72. The fraction of sp³-hybridized carbons (Fsp3) is 0.263. The summed E-state index contributed by atoms with van der Waals surface area (Å²) < 4.78 is 2.71. The Hall–Kier alpha value is -3.62. The van der Waals surface area contributed by atoms with E-state index in [1.807, 2.05) is 12.1 Å². The van der Waals surface area contributed by atoms with Gasteiger partial charge in [0, 0.05) is 50.3 Å². The van der Waals surface area contributed by atoms with E-state index in [2.05, 4.69) is 15.1 Å². The van der Waals surface area contributed by atoms with Gasteiger partial charge in [0.2, 0.25) is 5.91 Å². The predicted octanol–water partition coefficient (Wildman–Crippen LogP) is 0.483. The smallest absolute Gasteiger partial charge is 0.267 e. The van der Waals surface area contributed by atoms with Gasteiger partial charge in [-0.15, -0.1) is 5.10 Å². The van der Waals surface area contributed by atoms with E-state index in [0.717, 1.165) is 5.69 Å². The van der Waals surface area contributed by atoms with Crippen LogP contribution in [0.5, 0.6) is 5.75 Å². The number of benzene rings is 1. The summed E-state index contributed by atoms with van der Waals surface area (Å²) >= 11 is 0. The van der Waals surface area contributed by atoms with E-state index in [0.29, 0.717) is 32.0 Å². The summed E-state index contributed by atoms with van der Waals surface area (Å²) in [5.74, 6) is 0.569. The predicted molar refractivity (Wildman–Crippen MR) is 103 cm³/mol. The lowest BCUT2D eigenvalue weighted by molar-refractivity contribution is -0.132. The second-order valence-corrected chi connectivity index (χ2v) is 6.52. The van der Waals surface area contributed by atoms with Gasteiger partial charge in [0.25, 0.3) is 5.56 Å². The number of carbonyl (C=O) groups is 1. The number of carbonyl (C=O) groups excluding carboxylic acids is 1. The number of aromatic hydroxyl groups is 1. The molecule has 0 spiro atoms. The van der Waals surface area contributed by atoms with Crippen LogP contribution in [0.4, 0.5) is 5.69 Å². The van der Waals surface area contributed by atoms with Gasteiger partial charge >= 0.3 is 0 Å². The van der Waals surface area contributed by atoms with Crippen molar-refractivity contribution in [1.29, 1.82) is 0 Å². The van der Waals surface area contributed by atoms with Crippen LogP contribution in [0.3, 0.4) is 0 Å². The van der Waals surface area contributed by atoms with Crippen LogP contribution in [0.25, 0.3) is 5.82 Å². The number of nitrogens with zero attached hydrogens (tertiary/aromatic N) is 6. The van der Waals surface area contributed by atoms with Gasteiger partial charge < -0.3 is 14.9 Å². The highest BCUT2D eigenvalue weighted by molar-refractivity contribution is 5.76. The van der Waals surface area contributed by atoms with Crippen molar-refractivity contribution in [1.82, 2.24) is 24.5 Å². The summed E-state index contributed by atoms with van der Waals surface area (Å²) in [7, 11) is 0. The molecule has 0 unspecified atom stereocenters. The van der Waals surface area contributed by atoms with E-state index in [-0.39, 0.29) is 23.8 Å². The van der Waals surface area contributed by atoms with Gasteiger partial charge in [-0.1, -0.05) is 0 Å². The number of phenols is 1. The summed E-state index contributed by atoms with van der Waals surface area (Å²) in [6, 6.07) is 11.7. The average Bonchev–Trinajstić information content (AvgIpc) is 3.25. The topological polar surface area (TPSA) is 96.5 Å². The van der Waals surface area contributed by atoms with Gasteiger partial charge in [0.1, 0.15) is 12.3 Å². The molecule has 144 valence electrons. The number of aromatic nitrogens is 4. The highest BCUT2D eigenvalue weighted by Gasteiger charge is 2.22. The largest absolute Gasteiger partial charge is 0.508 e. The molecule has 1 aliphatic heterocycles. The standard InChI is InChI=1S/C19H20N6O3/c26-16-4-2-15(3-5-16)22-10-12-23(13-11-22)19(28)14-25-18(27)7-6-17(21-25)24-9-1-8-20-24/h1-9,26H,10-14H2. The molecule has 0 bridgehead atoms. The van der Waals surface area contributed by atoms with Crippen molar-refractivity contribution in [2.24, 2.45) is 0 Å². The molecule has 1 amide bonds. The van der Waals surface area contributed by atoms with E-state index in [4.69, 9.17) is 0 Å². The highest BCUT2D eigenvalue weighted by atomic mass is 16.3. The molecule has 0 atom stereocenters. The van der Waals surface area contributed by atoms with E-state index in [1.54, 1.807) is 41.6 Å². The number of rotatable bonds is 4. The lowest BCUT2D eigenvalue weighted by Gasteiger charge is -2.36. The fourth-order valence-corrected chi connectivity index (χ4v) is 3.18. The van der Waals surface area contributed by atoms with Crippen molar-refractivity contribution in [3.05, 3.63) is 65.2 Å². The van der Waals surface area contributed by atoms with Gasteiger partial charge in [-0.25, -0.2) is 9.36 Å². The number of amides is 1. The molecule has 3 aromatic rings. The third-order valence-corrected chi connectivity index (χ3v) is 4.72. The maximum Gasteiger partial charge on any atom is 0.267 e. The van der Waals surface area contributed by atoms with Crippen LogP contribution in [-0.4, -0.2) is 61.7 Å². The summed E-state index contributed by atoms with van der Waals surface area (Å²) in [6.45, 7) is 2.39. The van der Waals surface area contributed by atoms with Crippen molar-refractivity contribution >= 4 is 11.6 Å². The van der Waals surface area contributed by atoms with Gasteiger partial charge in [0.15, 0.2) is 5.82 Å². The second kappa shape index (κ2) is 7.55. The Morgan fingerprint density at radius 2 is 1.79 bits per heavy atom. The van der Waals surface area contributed by atoms with Crippen LogP contribution in [0.1, 0.15) is 0 Å². The molecule has 2 aromatic heterocycles. The fourth-order valence-electron chi connectivity index (χ4n) is 3.18. The molecule has 1 aromatic carbocycles. The molecule has 4 rings (SSSR count). The first-order valence-electron chi connectivity index (χ1n) is 9.00. The Morgan fingerprint density at radius 3 is 2.46 bits per heavy atom. The number of phenolic OH excluding ortho intramolecular Hbond substituents is 1. The molecule has 3 heterocycles. The Kier molecular flexibility index (Phi) is 4.79. The molecule has 1 N–H and O–H groups in total. The summed E-state index contributed by atoms with van der Waals surface area (Å²) in [6.07, 6.45) is 3.34. The zero-order valence-electron chi connectivity index (χ0n) is 15.2. The maximum atomic E-state index is 12.7. The van der Waals surface area contributed by atoms with Crippen molar-refractivity contribution in [2.45, 2.75) is 6.54 Å². The van der Waals surface area contributed by atoms with Gasteiger partial charge in [-0.05, 0) is 36.4 Å². The summed E-state index contributed by atoms with van der Waals surface area (Å²) in [5, 5.41) is 17.7. The SMILES string of the molecule is O=C(Cn1nc(-n2cccn2)ccc1=O)N1CCN(c2ccc(O)cc2)CC1. The highest BCUT2D eigenvalue weighted by Crippen LogP contribution is 2.19. The zero-order valence-corrected chi connectivity index (χ0v) is 15.2. The molecule has 0 aliphatic carbocycles.